The van der Waals surface area contributed by atoms with Gasteiger partial charge in [0.15, 0.2) is 6.10 Å². The first-order valence-corrected chi connectivity index (χ1v) is 16.6. The minimum Gasteiger partial charge on any atom is -0.462 e. The number of ether oxygens (including phenoxy) is 2. The molecule has 0 saturated heterocycles. The first-order valence-electron chi connectivity index (χ1n) is 15.1. The number of likely N-dealkylation sites (N-methyl/N-ethyl adjacent to an activating group) is 1. The van der Waals surface area contributed by atoms with E-state index in [1.165, 1.54) is 0 Å². The lowest BCUT2D eigenvalue weighted by atomic mass is 9.90. The Kier molecular flexibility index (Phi) is 18.3. The quantitative estimate of drug-likeness (QED) is 0.0525. The number of phosphoric acid groups is 1. The number of unbranched alkanes of at least 4 members (excludes halogenated alkanes) is 3. The molecule has 0 heterocycles. The summed E-state index contributed by atoms with van der Waals surface area (Å²) in [5.41, 5.74) is 0. The van der Waals surface area contributed by atoms with Gasteiger partial charge < -0.3 is 29.1 Å². The van der Waals surface area contributed by atoms with Crippen LogP contribution < -0.4 is 0 Å². The maximum atomic E-state index is 12.4. The van der Waals surface area contributed by atoms with Crippen molar-refractivity contribution in [3.63, 3.8) is 0 Å². The Morgan fingerprint density at radius 3 is 2.49 bits per heavy atom. The Morgan fingerprint density at radius 2 is 1.84 bits per heavy atom. The molecule has 0 aromatic heterocycles. The van der Waals surface area contributed by atoms with E-state index >= 15 is 0 Å². The first-order chi connectivity index (χ1) is 20.1. The first kappa shape index (κ1) is 39.1. The molecule has 0 amide bonds. The highest BCUT2D eigenvalue weighted by Crippen LogP contribution is 2.43. The third-order valence-electron chi connectivity index (χ3n) is 6.91. The maximum Gasteiger partial charge on any atom is 0.472 e. The number of esters is 2. The molecule has 6 atom stereocenters. The monoisotopic (exact) mass is 634 g/mol. The molecule has 0 aromatic rings. The normalized spacial score (nSPS) is 22.1. The molecule has 43 heavy (non-hydrogen) atoms. The van der Waals surface area contributed by atoms with Gasteiger partial charge in [-0.1, -0.05) is 50.5 Å². The molecule has 1 saturated carbocycles. The number of quaternary nitrogens is 1. The Hall–Kier alpha value is -1.92. The number of aliphatic hydroxyl groups is 2. The lowest BCUT2D eigenvalue weighted by Gasteiger charge is -2.24. The highest BCUT2D eigenvalue weighted by Gasteiger charge is 2.39. The van der Waals surface area contributed by atoms with Crippen LogP contribution in [-0.4, -0.2) is 103 Å². The van der Waals surface area contributed by atoms with Crippen molar-refractivity contribution in [3.05, 3.63) is 24.3 Å². The van der Waals surface area contributed by atoms with E-state index in [9.17, 15) is 34.1 Å². The van der Waals surface area contributed by atoms with Gasteiger partial charge in [0.2, 0.25) is 0 Å². The largest absolute Gasteiger partial charge is 0.472 e. The van der Waals surface area contributed by atoms with Crippen molar-refractivity contribution in [1.82, 2.24) is 0 Å². The number of aliphatic hydroxyl groups excluding tert-OH is 2. The molecule has 1 aliphatic rings. The molecular formula is C30H53NO11P+. The molecule has 0 aliphatic heterocycles. The molecule has 0 aromatic carbocycles. The van der Waals surface area contributed by atoms with Crippen LogP contribution in [0.1, 0.15) is 71.6 Å². The second-order valence-corrected chi connectivity index (χ2v) is 13.5. The summed E-state index contributed by atoms with van der Waals surface area (Å²) in [4.78, 5) is 45.8. The number of phosphoric ester groups is 1. The van der Waals surface area contributed by atoms with Crippen molar-refractivity contribution in [2.75, 3.05) is 47.5 Å². The van der Waals surface area contributed by atoms with E-state index in [0.29, 0.717) is 36.7 Å². The number of hydrogen-bond donors (Lipinski definition) is 3. The smallest absolute Gasteiger partial charge is 0.462 e. The Labute approximate surface area is 256 Å². The molecular weight excluding hydrogens is 581 g/mol. The highest BCUT2D eigenvalue weighted by molar-refractivity contribution is 7.47. The molecule has 12 nitrogen and oxygen atoms in total. The van der Waals surface area contributed by atoms with Crippen LogP contribution >= 0.6 is 7.82 Å². The average molecular weight is 635 g/mol. The van der Waals surface area contributed by atoms with Gasteiger partial charge in [0.25, 0.3) is 0 Å². The van der Waals surface area contributed by atoms with Crippen molar-refractivity contribution in [3.8, 4) is 0 Å². The molecule has 13 heteroatoms. The van der Waals surface area contributed by atoms with E-state index < -0.39 is 50.6 Å². The van der Waals surface area contributed by atoms with E-state index in [2.05, 4.69) is 6.92 Å². The fourth-order valence-electron chi connectivity index (χ4n) is 4.46. The van der Waals surface area contributed by atoms with Gasteiger partial charge in [-0.15, -0.1) is 0 Å². The molecule has 1 fully saturated rings. The number of hydrogen-bond acceptors (Lipinski definition) is 10. The zero-order chi connectivity index (χ0) is 32.5. The van der Waals surface area contributed by atoms with Gasteiger partial charge in [0, 0.05) is 31.6 Å². The minimum absolute atomic E-state index is 0.0146. The van der Waals surface area contributed by atoms with Crippen LogP contribution in [-0.2, 0) is 37.5 Å². The predicted molar refractivity (Wildman–Crippen MR) is 161 cm³/mol. The highest BCUT2D eigenvalue weighted by atomic mass is 31.2. The van der Waals surface area contributed by atoms with E-state index in [0.717, 1.165) is 26.2 Å². The van der Waals surface area contributed by atoms with Crippen LogP contribution in [0.2, 0.25) is 0 Å². The second kappa shape index (κ2) is 20.2. The molecule has 3 N–H and O–H groups in total. The Morgan fingerprint density at radius 1 is 1.12 bits per heavy atom. The standard InChI is InChI=1S/C30H52NO11P/c1-6-7-10-13-24(33)16-17-27-26(28(34)20-29(27)35)14-11-8-9-12-15-30(36)39-21-25(42-23(2)32)22-41-43(37,38)40-19-18-31(3,4)5/h8,11,16-17,24-28,33-34H,6-7,9-10,12-15,18-22H2,1-5H3/p+1/b11-8-,17-16+/t24-,25+,26+,27+,28-/m0/s1. The number of carbonyl (C=O) groups excluding carboxylic acids is 3. The van der Waals surface area contributed by atoms with Gasteiger partial charge in [-0.25, -0.2) is 4.57 Å². The molecule has 1 rings (SSSR count). The van der Waals surface area contributed by atoms with Crippen molar-refractivity contribution >= 4 is 25.5 Å². The van der Waals surface area contributed by atoms with Crippen LogP contribution in [0.3, 0.4) is 0 Å². The predicted octanol–water partition coefficient (Wildman–Crippen LogP) is 3.48. The van der Waals surface area contributed by atoms with E-state index in [1.54, 1.807) is 12.2 Å². The molecule has 0 spiro atoms. The van der Waals surface area contributed by atoms with Crippen LogP contribution in [0.25, 0.3) is 0 Å². The summed E-state index contributed by atoms with van der Waals surface area (Å²) in [5.74, 6) is -1.92. The van der Waals surface area contributed by atoms with Crippen molar-refractivity contribution < 1.29 is 57.1 Å². The topological polar surface area (TPSA) is 166 Å². The molecule has 1 aliphatic carbocycles. The van der Waals surface area contributed by atoms with Crippen molar-refractivity contribution in [1.29, 1.82) is 0 Å². The number of ketones is 1. The molecule has 1 unspecified atom stereocenters. The van der Waals surface area contributed by atoms with E-state index in [1.807, 2.05) is 33.3 Å². The third-order valence-corrected chi connectivity index (χ3v) is 7.90. The maximum absolute atomic E-state index is 12.4. The Bertz CT molecular complexity index is 962. The number of allylic oxidation sites excluding steroid dienone is 3. The lowest BCUT2D eigenvalue weighted by molar-refractivity contribution is -0.870. The number of Topliss-reactive ketones (excluding diaryl/α,β-unsaturated/α-hetero) is 1. The summed E-state index contributed by atoms with van der Waals surface area (Å²) in [7, 11) is 1.31. The van der Waals surface area contributed by atoms with Crippen LogP contribution in [0.4, 0.5) is 0 Å². The summed E-state index contributed by atoms with van der Waals surface area (Å²) in [6.45, 7) is 2.88. The van der Waals surface area contributed by atoms with Crippen LogP contribution in [0, 0.1) is 11.8 Å². The van der Waals surface area contributed by atoms with E-state index in [-0.39, 0.29) is 37.8 Å². The van der Waals surface area contributed by atoms with Gasteiger partial charge in [0.1, 0.15) is 25.5 Å². The summed E-state index contributed by atoms with van der Waals surface area (Å²) in [6, 6.07) is 0. The van der Waals surface area contributed by atoms with Gasteiger partial charge in [-0.2, -0.15) is 0 Å². The van der Waals surface area contributed by atoms with Gasteiger partial charge in [-0.05, 0) is 25.7 Å². The van der Waals surface area contributed by atoms with Crippen LogP contribution in [0.15, 0.2) is 24.3 Å². The lowest BCUT2D eigenvalue weighted by Crippen LogP contribution is -2.37. The zero-order valence-electron chi connectivity index (χ0n) is 26.4. The number of carbonyl (C=O) groups is 3. The summed E-state index contributed by atoms with van der Waals surface area (Å²) in [6.07, 6.45) is 10.2. The average Bonchev–Trinajstić information content (AvgIpc) is 3.17. The van der Waals surface area contributed by atoms with Gasteiger partial charge >= 0.3 is 19.8 Å². The molecule has 248 valence electrons. The fourth-order valence-corrected chi connectivity index (χ4v) is 5.20. The number of rotatable bonds is 22. The van der Waals surface area contributed by atoms with E-state index in [4.69, 9.17) is 18.5 Å². The summed E-state index contributed by atoms with van der Waals surface area (Å²) < 4.78 is 32.7. The minimum atomic E-state index is -4.38. The SMILES string of the molecule is CCCCC[C@H](O)/C=C/[C@H]1C(=O)C[C@H](O)[C@@H]1C/C=C\CCCC(=O)OC[C@H](COP(=O)(O)OCC[N+](C)(C)C)OC(C)=O. The Balaban J connectivity index is 2.43. The zero-order valence-corrected chi connectivity index (χ0v) is 27.3. The van der Waals surface area contributed by atoms with Crippen molar-refractivity contribution in [2.24, 2.45) is 11.8 Å². The number of nitrogens with zero attached hydrogens (tertiary/aromatic N) is 1. The van der Waals surface area contributed by atoms with Gasteiger partial charge in [0.05, 0.1) is 40.0 Å². The van der Waals surface area contributed by atoms with Gasteiger partial charge in [-0.3, -0.25) is 23.4 Å². The fraction of sp³-hybridized carbons (Fsp3) is 0.767. The summed E-state index contributed by atoms with van der Waals surface area (Å²) >= 11 is 0. The molecule has 0 bridgehead atoms. The third kappa shape index (κ3) is 18.5. The second-order valence-electron chi connectivity index (χ2n) is 12.0. The van der Waals surface area contributed by atoms with Crippen molar-refractivity contribution in [2.45, 2.75) is 89.9 Å². The van der Waals surface area contributed by atoms with Crippen LogP contribution in [0.5, 0.6) is 0 Å². The molecule has 0 radical (unpaired) electrons. The summed E-state index contributed by atoms with van der Waals surface area (Å²) in [5, 5.41) is 20.5.